The van der Waals surface area contributed by atoms with E-state index in [0.29, 0.717) is 27.7 Å². The molecule has 0 atom stereocenters. The quantitative estimate of drug-likeness (QED) is 0.127. The molecule has 0 unspecified atom stereocenters. The fourth-order valence-corrected chi connectivity index (χ4v) is 3.88. The normalized spacial score (nSPS) is 11.4. The number of benzene rings is 1. The summed E-state index contributed by atoms with van der Waals surface area (Å²) in [5, 5.41) is 11.1. The molecule has 3 rings (SSSR count). The second kappa shape index (κ2) is 10.6. The van der Waals surface area contributed by atoms with Gasteiger partial charge >= 0.3 is 6.03 Å². The van der Waals surface area contributed by atoms with Gasteiger partial charge < -0.3 is 21.4 Å². The van der Waals surface area contributed by atoms with E-state index in [1.807, 2.05) is 19.9 Å². The predicted molar refractivity (Wildman–Crippen MR) is 138 cm³/mol. The van der Waals surface area contributed by atoms with Crippen molar-refractivity contribution in [2.24, 2.45) is 10.7 Å². The molecule has 0 saturated carbocycles. The molecule has 2 aromatic heterocycles. The Labute approximate surface area is 208 Å². The number of hydrogen-bond acceptors (Lipinski definition) is 3. The molecule has 0 bridgehead atoms. The molecule has 0 aliphatic carbocycles. The number of anilines is 2. The molecule has 7 N–H and O–H groups in total. The van der Waals surface area contributed by atoms with Crippen molar-refractivity contribution >= 4 is 69.6 Å². The van der Waals surface area contributed by atoms with Crippen molar-refractivity contribution in [3.63, 3.8) is 0 Å². The summed E-state index contributed by atoms with van der Waals surface area (Å²) in [4.78, 5) is 36.8. The Hall–Kier alpha value is -3.25. The highest BCUT2D eigenvalue weighted by atomic mass is 127. The highest BCUT2D eigenvalue weighted by Crippen LogP contribution is 2.25. The largest absolute Gasteiger partial charge is 0.361 e. The molecule has 0 spiro atoms. The van der Waals surface area contributed by atoms with E-state index in [4.69, 9.17) is 22.7 Å². The first-order valence-corrected chi connectivity index (χ1v) is 11.3. The lowest BCUT2D eigenvalue weighted by atomic mass is 10.0. The van der Waals surface area contributed by atoms with E-state index in [1.165, 1.54) is 18.5 Å². The molecule has 2 amide bonds. The standard InChI is InChI=1S/C22H21ClIN7O2/c1-11(2)18-7-15(19(30-18)21(26)28-10-25)20(32)12-5-14(9-27-8-12)29-22(33)31-17-4-3-13(24)6-16(17)23/h3-11,30H,1-2H3,(H3,25,26,28)(H2,29,31,33)/p+1. The van der Waals surface area contributed by atoms with Crippen LogP contribution in [0.3, 0.4) is 0 Å². The molecule has 11 heteroatoms. The minimum absolute atomic E-state index is 0.0868. The number of aromatic amines is 1. The Morgan fingerprint density at radius 3 is 2.67 bits per heavy atom. The molecule has 0 radical (unpaired) electrons. The zero-order valence-electron chi connectivity index (χ0n) is 17.8. The molecular weight excluding hydrogens is 557 g/mol. The summed E-state index contributed by atoms with van der Waals surface area (Å²) in [6.07, 6.45) is 3.91. The predicted octanol–water partition coefficient (Wildman–Crippen LogP) is 3.16. The molecule has 9 nitrogen and oxygen atoms in total. The molecular formula is C22H22ClIN7O2+. The van der Waals surface area contributed by atoms with Gasteiger partial charge in [0.2, 0.25) is 0 Å². The van der Waals surface area contributed by atoms with Crippen molar-refractivity contribution in [1.82, 2.24) is 9.97 Å². The molecule has 0 aliphatic rings. The number of carbonyl (C=O) groups is 2. The zero-order valence-corrected chi connectivity index (χ0v) is 20.7. The summed E-state index contributed by atoms with van der Waals surface area (Å²) in [5.74, 6) is -0.118. The van der Waals surface area contributed by atoms with E-state index in [0.717, 1.165) is 15.6 Å². The Bertz CT molecular complexity index is 1250. The number of aromatic nitrogens is 2. The summed E-state index contributed by atoms with van der Waals surface area (Å²) in [5.41, 5.74) is 8.56. The van der Waals surface area contributed by atoms with Crippen molar-refractivity contribution in [2.45, 2.75) is 19.8 Å². The molecule has 2 heterocycles. The number of rotatable bonds is 7. The van der Waals surface area contributed by atoms with Crippen molar-refractivity contribution in [1.29, 1.82) is 0 Å². The van der Waals surface area contributed by atoms with Crippen LogP contribution in [0.1, 0.15) is 47.1 Å². The lowest BCUT2D eigenvalue weighted by Crippen LogP contribution is -2.30. The highest BCUT2D eigenvalue weighted by Gasteiger charge is 2.23. The summed E-state index contributed by atoms with van der Waals surface area (Å²) < 4.78 is 0.943. The van der Waals surface area contributed by atoms with Gasteiger partial charge in [-0.2, -0.15) is 0 Å². The molecule has 33 heavy (non-hydrogen) atoms. The number of hydrogen-bond donors (Lipinski definition) is 5. The lowest BCUT2D eigenvalue weighted by Gasteiger charge is -2.10. The van der Waals surface area contributed by atoms with Gasteiger partial charge in [-0.05, 0) is 63.8 Å². The number of H-pyrrole nitrogens is 1. The Kier molecular flexibility index (Phi) is 7.82. The fraction of sp³-hybridized carbons (Fsp3) is 0.136. The monoisotopic (exact) mass is 578 g/mol. The molecule has 0 aliphatic heterocycles. The van der Waals surface area contributed by atoms with Gasteiger partial charge in [-0.1, -0.05) is 25.4 Å². The fourth-order valence-electron chi connectivity index (χ4n) is 2.98. The van der Waals surface area contributed by atoms with E-state index in [-0.39, 0.29) is 23.1 Å². The molecule has 1 aromatic carbocycles. The minimum Gasteiger partial charge on any atom is -0.361 e. The van der Waals surface area contributed by atoms with Gasteiger partial charge in [0, 0.05) is 21.0 Å². The Balaban J connectivity index is 1.84. The summed E-state index contributed by atoms with van der Waals surface area (Å²) in [7, 11) is 0. The highest BCUT2D eigenvalue weighted by molar-refractivity contribution is 14.1. The van der Waals surface area contributed by atoms with Crippen LogP contribution < -0.4 is 21.8 Å². The van der Waals surface area contributed by atoms with Gasteiger partial charge in [0.25, 0.3) is 12.2 Å². The number of carbonyl (C=O) groups excluding carboxylic acids is 2. The van der Waals surface area contributed by atoms with Crippen molar-refractivity contribution in [3.8, 4) is 0 Å². The maximum atomic E-state index is 13.3. The van der Waals surface area contributed by atoms with Crippen molar-refractivity contribution in [2.75, 3.05) is 10.6 Å². The van der Waals surface area contributed by atoms with Gasteiger partial charge in [0.05, 0.1) is 28.2 Å². The van der Waals surface area contributed by atoms with Gasteiger partial charge in [-0.3, -0.25) is 15.2 Å². The third kappa shape index (κ3) is 5.96. The number of amidine groups is 1. The average Bonchev–Trinajstić information content (AvgIpc) is 3.21. The van der Waals surface area contributed by atoms with Gasteiger partial charge in [-0.25, -0.2) is 4.79 Å². The number of aliphatic imine (C=N–C) groups is 1. The second-order valence-corrected chi connectivity index (χ2v) is 8.98. The van der Waals surface area contributed by atoms with E-state index < -0.39 is 6.03 Å². The first-order chi connectivity index (χ1) is 15.7. The van der Waals surface area contributed by atoms with Crippen LogP contribution in [0.15, 0.2) is 47.7 Å². The van der Waals surface area contributed by atoms with Crippen LogP contribution in [-0.2, 0) is 0 Å². The third-order valence-corrected chi connectivity index (χ3v) is 5.60. The van der Waals surface area contributed by atoms with E-state index >= 15 is 0 Å². The van der Waals surface area contributed by atoms with E-state index in [9.17, 15) is 9.59 Å². The summed E-state index contributed by atoms with van der Waals surface area (Å²) >= 11 is 8.29. The first kappa shape index (κ1) is 24.4. The van der Waals surface area contributed by atoms with Gasteiger partial charge in [0.15, 0.2) is 5.78 Å². The smallest absolute Gasteiger partial charge is 0.323 e. The minimum atomic E-state index is -0.524. The number of amides is 2. The number of nitrogens with zero attached hydrogens (tertiary/aromatic N) is 2. The Morgan fingerprint density at radius 2 is 2.00 bits per heavy atom. The van der Waals surface area contributed by atoms with Crippen LogP contribution in [0.5, 0.6) is 0 Å². The maximum absolute atomic E-state index is 13.3. The number of pyridine rings is 1. The number of ketones is 1. The Morgan fingerprint density at radius 1 is 1.24 bits per heavy atom. The molecule has 170 valence electrons. The SMILES string of the molecule is CC(C)c1cc(C(=O)c2cncc(NC(=O)Nc3ccc(I)cc3Cl)c2)c(C(N)=NC=[NH2+])[nH]1. The third-order valence-electron chi connectivity index (χ3n) is 4.61. The van der Waals surface area contributed by atoms with Crippen molar-refractivity contribution < 1.29 is 15.0 Å². The maximum Gasteiger partial charge on any atom is 0.323 e. The molecule has 3 aromatic rings. The number of nitrogens with one attached hydrogen (secondary N) is 3. The van der Waals surface area contributed by atoms with Gasteiger partial charge in [0.1, 0.15) is 5.69 Å². The van der Waals surface area contributed by atoms with Crippen LogP contribution in [0.2, 0.25) is 5.02 Å². The summed E-state index contributed by atoms with van der Waals surface area (Å²) in [6, 6.07) is 7.98. The molecule has 0 saturated heterocycles. The summed E-state index contributed by atoms with van der Waals surface area (Å²) in [6.45, 7) is 3.97. The van der Waals surface area contributed by atoms with Crippen molar-refractivity contribution in [3.05, 3.63) is 73.8 Å². The van der Waals surface area contributed by atoms with E-state index in [2.05, 4.69) is 48.2 Å². The molecule has 0 fully saturated rings. The zero-order chi connectivity index (χ0) is 24.1. The topological polar surface area (TPSA) is 151 Å². The van der Waals surface area contributed by atoms with Crippen LogP contribution >= 0.6 is 34.2 Å². The van der Waals surface area contributed by atoms with Crippen LogP contribution in [0.4, 0.5) is 16.2 Å². The van der Waals surface area contributed by atoms with Crippen LogP contribution in [0.25, 0.3) is 0 Å². The number of nitrogens with two attached hydrogens (primary N) is 2. The lowest BCUT2D eigenvalue weighted by molar-refractivity contribution is -0.106. The van der Waals surface area contributed by atoms with E-state index in [1.54, 1.807) is 18.2 Å². The average molecular weight is 579 g/mol. The van der Waals surface area contributed by atoms with Gasteiger partial charge in [-0.15, -0.1) is 0 Å². The van der Waals surface area contributed by atoms with Crippen LogP contribution in [0, 0.1) is 3.57 Å². The number of urea groups is 1. The second-order valence-electron chi connectivity index (χ2n) is 7.33. The first-order valence-electron chi connectivity index (χ1n) is 9.82. The number of halogens is 2. The van der Waals surface area contributed by atoms with Crippen LogP contribution in [-0.4, -0.2) is 34.0 Å².